The summed E-state index contributed by atoms with van der Waals surface area (Å²) in [5, 5.41) is 3.07. The summed E-state index contributed by atoms with van der Waals surface area (Å²) < 4.78 is 2.28. The van der Waals surface area contributed by atoms with Crippen LogP contribution in [0.3, 0.4) is 0 Å². The minimum atomic E-state index is -0.566. The van der Waals surface area contributed by atoms with Crippen LogP contribution in [0.5, 0.6) is 0 Å². The summed E-state index contributed by atoms with van der Waals surface area (Å²) in [6.45, 7) is 6.14. The third-order valence-corrected chi connectivity index (χ3v) is 6.47. The quantitative estimate of drug-likeness (QED) is 0.654. The Morgan fingerprint density at radius 3 is 2.52 bits per heavy atom. The lowest BCUT2D eigenvalue weighted by atomic mass is 10.1. The van der Waals surface area contributed by atoms with E-state index < -0.39 is 17.2 Å². The maximum absolute atomic E-state index is 13.2. The van der Waals surface area contributed by atoms with Gasteiger partial charge in [-0.25, -0.2) is 9.78 Å². The molecule has 1 aliphatic rings. The molecule has 1 fully saturated rings. The summed E-state index contributed by atoms with van der Waals surface area (Å²) in [4.78, 5) is 57.1. The fourth-order valence-corrected chi connectivity index (χ4v) is 4.23. The smallest absolute Gasteiger partial charge is 0.325 e. The summed E-state index contributed by atoms with van der Waals surface area (Å²) >= 11 is 0. The van der Waals surface area contributed by atoms with E-state index in [1.807, 2.05) is 39.0 Å². The lowest BCUT2D eigenvalue weighted by molar-refractivity contribution is -0.122. The van der Waals surface area contributed by atoms with Gasteiger partial charge in [-0.15, -0.1) is 0 Å². The monoisotopic (exact) mass is 449 g/mol. The number of hydrogen-bond donors (Lipinski definition) is 1. The van der Waals surface area contributed by atoms with Crippen LogP contribution in [0.1, 0.15) is 30.0 Å². The third kappa shape index (κ3) is 3.73. The highest BCUT2D eigenvalue weighted by Crippen LogP contribution is 2.29. The minimum absolute atomic E-state index is 0.0831. The molecule has 0 saturated carbocycles. The van der Waals surface area contributed by atoms with Gasteiger partial charge in [0.1, 0.15) is 5.39 Å². The van der Waals surface area contributed by atoms with E-state index in [0.717, 1.165) is 21.4 Å². The van der Waals surface area contributed by atoms with Crippen LogP contribution >= 0.6 is 0 Å². The summed E-state index contributed by atoms with van der Waals surface area (Å²) in [6, 6.07) is 5.79. The molecule has 172 valence electrons. The van der Waals surface area contributed by atoms with E-state index in [1.54, 1.807) is 11.1 Å². The van der Waals surface area contributed by atoms with Gasteiger partial charge in [0.25, 0.3) is 5.56 Å². The number of pyridine rings is 1. The van der Waals surface area contributed by atoms with Crippen LogP contribution in [0.2, 0.25) is 0 Å². The van der Waals surface area contributed by atoms with Crippen molar-refractivity contribution in [1.82, 2.24) is 14.1 Å². The highest BCUT2D eigenvalue weighted by Gasteiger charge is 2.36. The zero-order valence-electron chi connectivity index (χ0n) is 19.4. The Morgan fingerprint density at radius 1 is 1.12 bits per heavy atom. The van der Waals surface area contributed by atoms with Gasteiger partial charge in [0, 0.05) is 38.9 Å². The van der Waals surface area contributed by atoms with Crippen molar-refractivity contribution < 1.29 is 9.59 Å². The van der Waals surface area contributed by atoms with E-state index in [9.17, 15) is 19.2 Å². The van der Waals surface area contributed by atoms with E-state index >= 15 is 0 Å². The molecule has 0 aliphatic carbocycles. The first-order valence-electron chi connectivity index (χ1n) is 10.9. The Hall–Kier alpha value is -3.75. The second-order valence-electron chi connectivity index (χ2n) is 8.58. The van der Waals surface area contributed by atoms with E-state index in [-0.39, 0.29) is 35.8 Å². The van der Waals surface area contributed by atoms with Gasteiger partial charge in [-0.3, -0.25) is 23.5 Å². The molecule has 3 heterocycles. The molecular weight excluding hydrogens is 422 g/mol. The second-order valence-corrected chi connectivity index (χ2v) is 8.58. The highest BCUT2D eigenvalue weighted by atomic mass is 16.2. The zero-order valence-corrected chi connectivity index (χ0v) is 19.4. The van der Waals surface area contributed by atoms with Gasteiger partial charge < -0.3 is 10.2 Å². The fourth-order valence-electron chi connectivity index (χ4n) is 4.23. The molecule has 1 atom stereocenters. The zero-order chi connectivity index (χ0) is 24.0. The van der Waals surface area contributed by atoms with Gasteiger partial charge in [0.05, 0.1) is 11.6 Å². The van der Waals surface area contributed by atoms with Crippen molar-refractivity contribution in [2.75, 3.05) is 16.8 Å². The van der Waals surface area contributed by atoms with E-state index in [0.29, 0.717) is 17.7 Å². The average molecular weight is 450 g/mol. The number of amides is 2. The molecule has 9 nitrogen and oxygen atoms in total. The Labute approximate surface area is 190 Å². The van der Waals surface area contributed by atoms with Crippen LogP contribution < -0.4 is 21.5 Å². The number of carbonyl (C=O) groups excluding carboxylic acids is 2. The molecule has 9 heteroatoms. The number of nitrogens with one attached hydrogen (secondary N) is 1. The standard InChI is InChI=1S/C24H27N5O4/c1-6-15-11-25-21-19(23(32)28(5)24(33)27(21)4)20(15)26-22(31)16-10-18(30)29(12-16)17-8-7-13(2)14(3)9-17/h7-9,11,16H,6,10,12H2,1-5H3,(H,25,26,31). The molecule has 1 unspecified atom stereocenters. The Bertz CT molecular complexity index is 1420. The van der Waals surface area contributed by atoms with Crippen molar-refractivity contribution in [2.45, 2.75) is 33.6 Å². The minimum Gasteiger partial charge on any atom is -0.325 e. The predicted octanol–water partition coefficient (Wildman–Crippen LogP) is 1.80. The number of carbonyl (C=O) groups is 2. The van der Waals surface area contributed by atoms with Gasteiger partial charge in [-0.2, -0.15) is 0 Å². The van der Waals surface area contributed by atoms with Gasteiger partial charge in [0.15, 0.2) is 5.65 Å². The molecule has 33 heavy (non-hydrogen) atoms. The molecule has 0 spiro atoms. The summed E-state index contributed by atoms with van der Waals surface area (Å²) in [5.41, 5.74) is 3.19. The first-order valence-corrected chi connectivity index (χ1v) is 10.9. The number of rotatable bonds is 4. The van der Waals surface area contributed by atoms with Crippen molar-refractivity contribution in [1.29, 1.82) is 0 Å². The normalized spacial score (nSPS) is 16.0. The summed E-state index contributed by atoms with van der Waals surface area (Å²) in [7, 11) is 2.93. The number of nitrogens with zero attached hydrogens (tertiary/aromatic N) is 4. The lowest BCUT2D eigenvalue weighted by Gasteiger charge is -2.19. The SMILES string of the molecule is CCc1cnc2c(c1NC(=O)C1CC(=O)N(c3ccc(C)c(C)c3)C1)c(=O)n(C)c(=O)n2C. The molecular formula is C24H27N5O4. The number of fused-ring (bicyclic) bond motifs is 1. The predicted molar refractivity (Wildman–Crippen MR) is 127 cm³/mol. The van der Waals surface area contributed by atoms with Crippen molar-refractivity contribution in [3.05, 3.63) is 61.9 Å². The molecule has 1 N–H and O–H groups in total. The van der Waals surface area contributed by atoms with Crippen LogP contribution in [0.15, 0.2) is 34.0 Å². The van der Waals surface area contributed by atoms with Gasteiger partial charge >= 0.3 is 5.69 Å². The van der Waals surface area contributed by atoms with Gasteiger partial charge in [-0.05, 0) is 49.1 Å². The third-order valence-electron chi connectivity index (χ3n) is 6.47. The number of anilines is 2. The summed E-state index contributed by atoms with van der Waals surface area (Å²) in [5.74, 6) is -1.02. The molecule has 2 aromatic heterocycles. The molecule has 1 aromatic carbocycles. The largest absolute Gasteiger partial charge is 0.332 e. The average Bonchev–Trinajstić information content (AvgIpc) is 3.19. The van der Waals surface area contributed by atoms with E-state index in [2.05, 4.69) is 10.3 Å². The lowest BCUT2D eigenvalue weighted by Crippen LogP contribution is -2.38. The molecule has 0 bridgehead atoms. The maximum Gasteiger partial charge on any atom is 0.332 e. The van der Waals surface area contributed by atoms with Crippen LogP contribution in [-0.4, -0.2) is 32.5 Å². The number of aromatic nitrogens is 3. The molecule has 2 amide bonds. The van der Waals surface area contributed by atoms with Crippen molar-refractivity contribution in [3.8, 4) is 0 Å². The van der Waals surface area contributed by atoms with Crippen LogP contribution in [0.4, 0.5) is 11.4 Å². The molecule has 3 aromatic rings. The second kappa shape index (κ2) is 8.31. The molecule has 1 saturated heterocycles. The maximum atomic E-state index is 13.2. The number of aryl methyl sites for hydroxylation is 4. The first-order chi connectivity index (χ1) is 15.6. The Balaban J connectivity index is 1.70. The highest BCUT2D eigenvalue weighted by molar-refractivity contribution is 6.06. The number of hydrogen-bond acceptors (Lipinski definition) is 5. The summed E-state index contributed by atoms with van der Waals surface area (Å²) in [6.07, 6.45) is 2.18. The van der Waals surface area contributed by atoms with Gasteiger partial charge in [0.2, 0.25) is 11.8 Å². The van der Waals surface area contributed by atoms with E-state index in [1.165, 1.54) is 18.7 Å². The van der Waals surface area contributed by atoms with Crippen molar-refractivity contribution in [2.24, 2.45) is 20.0 Å². The van der Waals surface area contributed by atoms with E-state index in [4.69, 9.17) is 0 Å². The molecule has 4 rings (SSSR count). The first kappa shape index (κ1) is 22.4. The van der Waals surface area contributed by atoms with Crippen LogP contribution in [-0.2, 0) is 30.1 Å². The molecule has 1 aliphatic heterocycles. The van der Waals surface area contributed by atoms with Crippen LogP contribution in [0.25, 0.3) is 11.0 Å². The topological polar surface area (TPSA) is 106 Å². The van der Waals surface area contributed by atoms with Crippen LogP contribution in [0, 0.1) is 19.8 Å². The van der Waals surface area contributed by atoms with Gasteiger partial charge in [-0.1, -0.05) is 13.0 Å². The van der Waals surface area contributed by atoms with Crippen molar-refractivity contribution >= 4 is 34.2 Å². The fraction of sp³-hybridized carbons (Fsp3) is 0.375. The van der Waals surface area contributed by atoms with Crippen molar-refractivity contribution in [3.63, 3.8) is 0 Å². The number of benzene rings is 1. The molecule has 0 radical (unpaired) electrons. The Morgan fingerprint density at radius 2 is 1.85 bits per heavy atom. The Kier molecular flexibility index (Phi) is 5.65.